The highest BCUT2D eigenvalue weighted by Gasteiger charge is 2.21. The fourth-order valence-electron chi connectivity index (χ4n) is 2.42. The van der Waals surface area contributed by atoms with E-state index >= 15 is 0 Å². The zero-order chi connectivity index (χ0) is 14.4. The number of aliphatic hydroxyl groups excluding tert-OH is 1. The standard InChI is InChI=1S/C15H20BrNO3/c16-13-3-1-2-4-14(13)17-15(19)10-20-12-7-5-11(9-18)6-8-12/h1-4,11-12,18H,5-10H2,(H,17,19). The molecule has 4 nitrogen and oxygen atoms in total. The van der Waals surface area contributed by atoms with Crippen molar-refractivity contribution in [2.24, 2.45) is 5.92 Å². The molecular weight excluding hydrogens is 322 g/mol. The first-order valence-electron chi connectivity index (χ1n) is 6.96. The largest absolute Gasteiger partial charge is 0.396 e. The summed E-state index contributed by atoms with van der Waals surface area (Å²) in [6.45, 7) is 0.338. The highest BCUT2D eigenvalue weighted by atomic mass is 79.9. The maximum Gasteiger partial charge on any atom is 0.250 e. The van der Waals surface area contributed by atoms with Crippen LogP contribution in [0.15, 0.2) is 28.7 Å². The average Bonchev–Trinajstić information content (AvgIpc) is 2.48. The first-order valence-corrected chi connectivity index (χ1v) is 7.75. The molecule has 20 heavy (non-hydrogen) atoms. The number of nitrogens with one attached hydrogen (secondary N) is 1. The van der Waals surface area contributed by atoms with Gasteiger partial charge in [-0.15, -0.1) is 0 Å². The Morgan fingerprint density at radius 1 is 1.30 bits per heavy atom. The van der Waals surface area contributed by atoms with Crippen molar-refractivity contribution >= 4 is 27.5 Å². The minimum absolute atomic E-state index is 0.0792. The lowest BCUT2D eigenvalue weighted by atomic mass is 9.88. The Morgan fingerprint density at radius 2 is 2.00 bits per heavy atom. The molecule has 1 aromatic carbocycles. The van der Waals surface area contributed by atoms with Crippen LogP contribution < -0.4 is 5.32 Å². The molecule has 1 aliphatic carbocycles. The maximum atomic E-state index is 11.8. The fraction of sp³-hybridized carbons (Fsp3) is 0.533. The summed E-state index contributed by atoms with van der Waals surface area (Å²) in [5, 5.41) is 11.9. The van der Waals surface area contributed by atoms with Crippen molar-refractivity contribution in [2.75, 3.05) is 18.5 Å². The molecule has 1 saturated carbocycles. The maximum absolute atomic E-state index is 11.8. The third-order valence-electron chi connectivity index (χ3n) is 3.65. The van der Waals surface area contributed by atoms with Gasteiger partial charge in [-0.1, -0.05) is 12.1 Å². The number of benzene rings is 1. The molecule has 0 radical (unpaired) electrons. The van der Waals surface area contributed by atoms with E-state index in [1.54, 1.807) is 0 Å². The predicted molar refractivity (Wildman–Crippen MR) is 81.6 cm³/mol. The lowest BCUT2D eigenvalue weighted by molar-refractivity contribution is -0.123. The molecule has 110 valence electrons. The number of amides is 1. The first kappa shape index (κ1) is 15.5. The first-order chi connectivity index (χ1) is 9.69. The zero-order valence-electron chi connectivity index (χ0n) is 11.3. The van der Waals surface area contributed by atoms with Gasteiger partial charge in [-0.25, -0.2) is 0 Å². The van der Waals surface area contributed by atoms with Crippen LogP contribution in [-0.2, 0) is 9.53 Å². The Kier molecular flexibility index (Phi) is 6.01. The Hall–Kier alpha value is -0.910. The van der Waals surface area contributed by atoms with E-state index in [2.05, 4.69) is 21.2 Å². The minimum Gasteiger partial charge on any atom is -0.396 e. The summed E-state index contributed by atoms with van der Waals surface area (Å²) >= 11 is 3.39. The predicted octanol–water partition coefficient (Wildman–Crippen LogP) is 2.96. The van der Waals surface area contributed by atoms with E-state index in [-0.39, 0.29) is 25.2 Å². The monoisotopic (exact) mass is 341 g/mol. The van der Waals surface area contributed by atoms with Crippen LogP contribution in [-0.4, -0.2) is 30.3 Å². The van der Waals surface area contributed by atoms with Crippen LogP contribution >= 0.6 is 15.9 Å². The zero-order valence-corrected chi connectivity index (χ0v) is 12.9. The van der Waals surface area contributed by atoms with E-state index in [1.165, 1.54) is 0 Å². The number of halogens is 1. The van der Waals surface area contributed by atoms with Gasteiger partial charge in [0, 0.05) is 11.1 Å². The highest BCUT2D eigenvalue weighted by Crippen LogP contribution is 2.26. The number of para-hydroxylation sites is 1. The number of carbonyl (C=O) groups excluding carboxylic acids is 1. The van der Waals surface area contributed by atoms with Gasteiger partial charge in [-0.3, -0.25) is 4.79 Å². The SMILES string of the molecule is O=C(COC1CCC(CO)CC1)Nc1ccccc1Br. The van der Waals surface area contributed by atoms with E-state index in [4.69, 9.17) is 9.84 Å². The topological polar surface area (TPSA) is 58.6 Å². The number of ether oxygens (including phenoxy) is 1. The van der Waals surface area contributed by atoms with Gasteiger partial charge in [0.1, 0.15) is 6.61 Å². The van der Waals surface area contributed by atoms with E-state index in [0.717, 1.165) is 35.8 Å². The van der Waals surface area contributed by atoms with Crippen molar-refractivity contribution in [2.45, 2.75) is 31.8 Å². The van der Waals surface area contributed by atoms with Crippen LogP contribution in [0.1, 0.15) is 25.7 Å². The lowest BCUT2D eigenvalue weighted by Gasteiger charge is -2.27. The van der Waals surface area contributed by atoms with Crippen LogP contribution in [0.25, 0.3) is 0 Å². The van der Waals surface area contributed by atoms with Crippen LogP contribution in [0.3, 0.4) is 0 Å². The Balaban J connectivity index is 1.72. The Bertz CT molecular complexity index is 444. The molecule has 1 fully saturated rings. The lowest BCUT2D eigenvalue weighted by Crippen LogP contribution is -2.27. The minimum atomic E-state index is -0.138. The molecule has 0 atom stereocenters. The van der Waals surface area contributed by atoms with Gasteiger partial charge in [0.05, 0.1) is 11.8 Å². The van der Waals surface area contributed by atoms with Crippen LogP contribution in [0, 0.1) is 5.92 Å². The quantitative estimate of drug-likeness (QED) is 0.865. The van der Waals surface area contributed by atoms with Gasteiger partial charge >= 0.3 is 0 Å². The number of aliphatic hydroxyl groups is 1. The fourth-order valence-corrected chi connectivity index (χ4v) is 2.81. The molecule has 0 aromatic heterocycles. The molecule has 1 aliphatic rings. The van der Waals surface area contributed by atoms with Crippen molar-refractivity contribution in [3.63, 3.8) is 0 Å². The van der Waals surface area contributed by atoms with Crippen LogP contribution in [0.2, 0.25) is 0 Å². The highest BCUT2D eigenvalue weighted by molar-refractivity contribution is 9.10. The van der Waals surface area contributed by atoms with E-state index in [0.29, 0.717) is 5.92 Å². The van der Waals surface area contributed by atoms with Crippen LogP contribution in [0.4, 0.5) is 5.69 Å². The molecule has 1 aromatic rings. The summed E-state index contributed by atoms with van der Waals surface area (Å²) in [5.41, 5.74) is 0.755. The van der Waals surface area contributed by atoms with Crippen molar-refractivity contribution < 1.29 is 14.6 Å². The van der Waals surface area contributed by atoms with Crippen molar-refractivity contribution in [1.29, 1.82) is 0 Å². The molecule has 2 N–H and O–H groups in total. The number of carbonyl (C=O) groups is 1. The third-order valence-corrected chi connectivity index (χ3v) is 4.34. The molecule has 1 amide bonds. The summed E-state index contributed by atoms with van der Waals surface area (Å²) in [4.78, 5) is 11.8. The van der Waals surface area contributed by atoms with Gasteiger partial charge in [0.25, 0.3) is 0 Å². The van der Waals surface area contributed by atoms with Gasteiger partial charge in [-0.2, -0.15) is 0 Å². The second-order valence-electron chi connectivity index (χ2n) is 5.16. The van der Waals surface area contributed by atoms with E-state index in [9.17, 15) is 4.79 Å². The van der Waals surface area contributed by atoms with Crippen LogP contribution in [0.5, 0.6) is 0 Å². The molecule has 0 aliphatic heterocycles. The smallest absolute Gasteiger partial charge is 0.250 e. The molecule has 0 heterocycles. The van der Waals surface area contributed by atoms with Gasteiger partial charge in [0.2, 0.25) is 5.91 Å². The second kappa shape index (κ2) is 7.76. The number of anilines is 1. The second-order valence-corrected chi connectivity index (χ2v) is 6.02. The van der Waals surface area contributed by atoms with Crippen molar-refractivity contribution in [1.82, 2.24) is 0 Å². The van der Waals surface area contributed by atoms with Gasteiger partial charge in [-0.05, 0) is 59.7 Å². The molecular formula is C15H20BrNO3. The number of hydrogen-bond acceptors (Lipinski definition) is 3. The summed E-state index contributed by atoms with van der Waals surface area (Å²) < 4.78 is 6.50. The van der Waals surface area contributed by atoms with E-state index in [1.807, 2.05) is 24.3 Å². The summed E-state index contributed by atoms with van der Waals surface area (Å²) in [6, 6.07) is 7.49. The van der Waals surface area contributed by atoms with E-state index < -0.39 is 0 Å². The summed E-state index contributed by atoms with van der Waals surface area (Å²) in [6.07, 6.45) is 3.95. The Labute approximate surface area is 127 Å². The summed E-state index contributed by atoms with van der Waals surface area (Å²) in [5.74, 6) is 0.269. The van der Waals surface area contributed by atoms with Gasteiger partial charge < -0.3 is 15.2 Å². The number of rotatable bonds is 5. The molecule has 0 saturated heterocycles. The average molecular weight is 342 g/mol. The molecule has 0 unspecified atom stereocenters. The molecule has 5 heteroatoms. The number of hydrogen-bond donors (Lipinski definition) is 2. The third kappa shape index (κ3) is 4.58. The van der Waals surface area contributed by atoms with Crippen molar-refractivity contribution in [3.8, 4) is 0 Å². The Morgan fingerprint density at radius 3 is 2.65 bits per heavy atom. The van der Waals surface area contributed by atoms with Crippen molar-refractivity contribution in [3.05, 3.63) is 28.7 Å². The van der Waals surface area contributed by atoms with Gasteiger partial charge in [0.15, 0.2) is 0 Å². The molecule has 0 spiro atoms. The summed E-state index contributed by atoms with van der Waals surface area (Å²) in [7, 11) is 0. The molecule has 0 bridgehead atoms. The molecule has 2 rings (SSSR count). The normalized spacial score (nSPS) is 22.5.